The summed E-state index contributed by atoms with van der Waals surface area (Å²) in [5.74, 6) is 0.174. The average Bonchev–Trinajstić information content (AvgIpc) is 3.55. The van der Waals surface area contributed by atoms with Crippen LogP contribution in [0.5, 0.6) is 0 Å². The van der Waals surface area contributed by atoms with Crippen molar-refractivity contribution in [1.29, 1.82) is 0 Å². The topological polar surface area (TPSA) is 89.6 Å². The van der Waals surface area contributed by atoms with Crippen LogP contribution in [0.4, 0.5) is 16.2 Å². The van der Waals surface area contributed by atoms with Crippen LogP contribution in [0.2, 0.25) is 5.02 Å². The zero-order valence-electron chi connectivity index (χ0n) is 16.7. The molecular weight excluding hydrogens is 432 g/mol. The highest BCUT2D eigenvalue weighted by Gasteiger charge is 2.24. The lowest BCUT2D eigenvalue weighted by Gasteiger charge is -2.14. The van der Waals surface area contributed by atoms with Crippen LogP contribution >= 0.6 is 11.6 Å². The first-order valence-electron chi connectivity index (χ1n) is 9.84. The van der Waals surface area contributed by atoms with E-state index in [1.165, 1.54) is 4.90 Å². The first-order valence-corrected chi connectivity index (χ1v) is 10.2. The minimum atomic E-state index is -0.404. The molecule has 0 spiro atoms. The average molecular weight is 449 g/mol. The van der Waals surface area contributed by atoms with Crippen LogP contribution < -0.4 is 10.2 Å². The van der Waals surface area contributed by atoms with E-state index in [1.807, 2.05) is 12.1 Å². The summed E-state index contributed by atoms with van der Waals surface area (Å²) in [5, 5.41) is 7.93. The van der Waals surface area contributed by atoms with Crippen LogP contribution in [0.25, 0.3) is 17.1 Å². The Balaban J connectivity index is 1.45. The Bertz CT molecular complexity index is 1280. The smallest absolute Gasteiger partial charge is 0.414 e. The first-order chi connectivity index (χ1) is 15.6. The molecule has 9 heteroatoms. The van der Waals surface area contributed by atoms with Crippen molar-refractivity contribution in [3.63, 3.8) is 0 Å². The van der Waals surface area contributed by atoms with E-state index in [-0.39, 0.29) is 5.69 Å². The molecule has 1 aliphatic heterocycles. The number of anilines is 2. The summed E-state index contributed by atoms with van der Waals surface area (Å²) in [7, 11) is 0. The molecule has 4 aromatic rings. The number of hydrogen-bond donors (Lipinski definition) is 1. The molecule has 1 fully saturated rings. The van der Waals surface area contributed by atoms with Gasteiger partial charge in [-0.2, -0.15) is 5.10 Å². The maximum Gasteiger partial charge on any atom is 0.414 e. The number of nitrogens with zero attached hydrogens (tertiary/aromatic N) is 3. The number of cyclic esters (lactones) is 1. The van der Waals surface area contributed by atoms with Gasteiger partial charge < -0.3 is 14.5 Å². The predicted octanol–water partition coefficient (Wildman–Crippen LogP) is 4.99. The van der Waals surface area contributed by atoms with Gasteiger partial charge in [0.25, 0.3) is 5.91 Å². The van der Waals surface area contributed by atoms with Gasteiger partial charge in [-0.15, -0.1) is 0 Å². The maximum atomic E-state index is 13.0. The molecular formula is C23H17ClN4O4. The van der Waals surface area contributed by atoms with Gasteiger partial charge in [0.1, 0.15) is 12.3 Å². The Hall–Kier alpha value is -4.04. The Labute approximate surface area is 188 Å². The number of benzene rings is 2. The normalized spacial score (nSPS) is 13.3. The molecule has 0 aliphatic carbocycles. The molecule has 1 saturated heterocycles. The summed E-state index contributed by atoms with van der Waals surface area (Å²) in [6.45, 7) is 0.807. The lowest BCUT2D eigenvalue weighted by molar-refractivity contribution is 0.102. The maximum absolute atomic E-state index is 13.0. The molecule has 0 unspecified atom stereocenters. The summed E-state index contributed by atoms with van der Waals surface area (Å²) in [6, 6.07) is 19.3. The number of carbonyl (C=O) groups is 2. The quantitative estimate of drug-likeness (QED) is 0.464. The van der Waals surface area contributed by atoms with Crippen molar-refractivity contribution in [1.82, 2.24) is 9.78 Å². The van der Waals surface area contributed by atoms with Gasteiger partial charge in [0.05, 0.1) is 18.5 Å². The summed E-state index contributed by atoms with van der Waals surface area (Å²) in [6.07, 6.45) is 1.15. The monoisotopic (exact) mass is 448 g/mol. The minimum absolute atomic E-state index is 0.206. The van der Waals surface area contributed by atoms with E-state index < -0.39 is 12.0 Å². The zero-order valence-corrected chi connectivity index (χ0v) is 17.5. The number of ether oxygens (including phenoxy) is 1. The third kappa shape index (κ3) is 3.83. The van der Waals surface area contributed by atoms with Crippen molar-refractivity contribution in [3.05, 3.63) is 83.7 Å². The molecule has 1 aliphatic rings. The van der Waals surface area contributed by atoms with Gasteiger partial charge in [-0.05, 0) is 54.6 Å². The van der Waals surface area contributed by atoms with Crippen LogP contribution in [0.15, 0.2) is 77.4 Å². The van der Waals surface area contributed by atoms with E-state index in [4.69, 9.17) is 20.8 Å². The molecule has 0 radical (unpaired) electrons. The number of hydrogen-bond acceptors (Lipinski definition) is 5. The van der Waals surface area contributed by atoms with E-state index in [0.717, 1.165) is 5.69 Å². The highest BCUT2D eigenvalue weighted by molar-refractivity contribution is 6.30. The molecule has 2 amide bonds. The van der Waals surface area contributed by atoms with Gasteiger partial charge in [-0.1, -0.05) is 17.7 Å². The molecule has 160 valence electrons. The number of nitrogens with one attached hydrogen (secondary N) is 1. The summed E-state index contributed by atoms with van der Waals surface area (Å²) in [5.41, 5.74) is 2.74. The van der Waals surface area contributed by atoms with Crippen LogP contribution in [0.1, 0.15) is 10.5 Å². The SMILES string of the molecule is O=C(Nc1cccc(N2CCOC2=O)c1)c1cc(-c2ccco2)n(-c2ccc(Cl)cc2)n1. The van der Waals surface area contributed by atoms with Crippen molar-refractivity contribution in [3.8, 4) is 17.1 Å². The minimum Gasteiger partial charge on any atom is -0.463 e. The molecule has 3 heterocycles. The second kappa shape index (κ2) is 8.24. The standard InChI is InChI=1S/C23H17ClN4O4/c24-15-6-8-17(9-7-15)28-20(21-5-2-11-31-21)14-19(26-28)22(29)25-16-3-1-4-18(13-16)27-10-12-32-23(27)30/h1-9,11,13-14H,10,12H2,(H,25,29). The largest absolute Gasteiger partial charge is 0.463 e. The van der Waals surface area contributed by atoms with Gasteiger partial charge in [0, 0.05) is 22.5 Å². The molecule has 0 saturated carbocycles. The van der Waals surface area contributed by atoms with E-state index in [2.05, 4.69) is 10.4 Å². The molecule has 8 nitrogen and oxygen atoms in total. The second-order valence-electron chi connectivity index (χ2n) is 7.05. The van der Waals surface area contributed by atoms with Crippen molar-refractivity contribution >= 4 is 35.0 Å². The van der Waals surface area contributed by atoms with Gasteiger partial charge in [0.2, 0.25) is 0 Å². The van der Waals surface area contributed by atoms with E-state index in [1.54, 1.807) is 65.5 Å². The number of amides is 2. The van der Waals surface area contributed by atoms with Crippen LogP contribution in [0.3, 0.4) is 0 Å². The van der Waals surface area contributed by atoms with Crippen molar-refractivity contribution in [2.24, 2.45) is 0 Å². The van der Waals surface area contributed by atoms with Crippen LogP contribution in [0, 0.1) is 0 Å². The second-order valence-corrected chi connectivity index (χ2v) is 7.49. The van der Waals surface area contributed by atoms with Gasteiger partial charge >= 0.3 is 6.09 Å². The van der Waals surface area contributed by atoms with Gasteiger partial charge in [-0.25, -0.2) is 9.48 Å². The molecule has 1 N–H and O–H groups in total. The van der Waals surface area contributed by atoms with Gasteiger partial charge in [-0.3, -0.25) is 9.69 Å². The highest BCUT2D eigenvalue weighted by Crippen LogP contribution is 2.27. The number of carbonyl (C=O) groups excluding carboxylic acids is 2. The highest BCUT2D eigenvalue weighted by atomic mass is 35.5. The third-order valence-electron chi connectivity index (χ3n) is 4.96. The Morgan fingerprint density at radius 3 is 2.59 bits per heavy atom. The Morgan fingerprint density at radius 1 is 1.03 bits per heavy atom. The predicted molar refractivity (Wildman–Crippen MR) is 119 cm³/mol. The molecule has 5 rings (SSSR count). The molecule has 32 heavy (non-hydrogen) atoms. The molecule has 0 bridgehead atoms. The number of aromatic nitrogens is 2. The Morgan fingerprint density at radius 2 is 1.88 bits per heavy atom. The van der Waals surface area contributed by atoms with E-state index >= 15 is 0 Å². The molecule has 0 atom stereocenters. The number of rotatable bonds is 5. The fraction of sp³-hybridized carbons (Fsp3) is 0.0870. The van der Waals surface area contributed by atoms with E-state index in [0.29, 0.717) is 41.0 Å². The molecule has 2 aromatic heterocycles. The van der Waals surface area contributed by atoms with Crippen LogP contribution in [-0.4, -0.2) is 34.9 Å². The van der Waals surface area contributed by atoms with Crippen molar-refractivity contribution < 1.29 is 18.7 Å². The number of halogens is 1. The lowest BCUT2D eigenvalue weighted by Crippen LogP contribution is -2.23. The van der Waals surface area contributed by atoms with Gasteiger partial charge in [0.15, 0.2) is 11.5 Å². The summed E-state index contributed by atoms with van der Waals surface area (Å²) >= 11 is 6.01. The van der Waals surface area contributed by atoms with Crippen LogP contribution in [-0.2, 0) is 4.74 Å². The third-order valence-corrected chi connectivity index (χ3v) is 5.22. The van der Waals surface area contributed by atoms with Crippen molar-refractivity contribution in [2.75, 3.05) is 23.4 Å². The fourth-order valence-corrected chi connectivity index (χ4v) is 3.57. The summed E-state index contributed by atoms with van der Waals surface area (Å²) < 4.78 is 12.1. The number of furan rings is 1. The zero-order chi connectivity index (χ0) is 22.1. The summed E-state index contributed by atoms with van der Waals surface area (Å²) in [4.78, 5) is 26.3. The molecule has 2 aromatic carbocycles. The first kappa shape index (κ1) is 19.9. The Kier molecular flexibility index (Phi) is 5.12. The fourth-order valence-electron chi connectivity index (χ4n) is 3.45. The van der Waals surface area contributed by atoms with Crippen molar-refractivity contribution in [2.45, 2.75) is 0 Å². The lowest BCUT2D eigenvalue weighted by atomic mass is 10.2. The van der Waals surface area contributed by atoms with E-state index in [9.17, 15) is 9.59 Å².